The van der Waals surface area contributed by atoms with E-state index in [-0.39, 0.29) is 12.3 Å². The van der Waals surface area contributed by atoms with Gasteiger partial charge in [-0.05, 0) is 24.0 Å². The lowest BCUT2D eigenvalue weighted by Gasteiger charge is -2.12. The normalized spacial score (nSPS) is 11.9. The van der Waals surface area contributed by atoms with Gasteiger partial charge in [-0.25, -0.2) is 0 Å². The van der Waals surface area contributed by atoms with E-state index in [1.807, 2.05) is 60.9 Å². The van der Waals surface area contributed by atoms with Crippen LogP contribution in [0.1, 0.15) is 18.1 Å². The molecule has 1 amide bonds. The number of benzene rings is 2. The maximum Gasteiger partial charge on any atom is 0.227 e. The number of aliphatic hydroxyl groups is 1. The first kappa shape index (κ1) is 14.6. The largest absolute Gasteiger partial charge is 0.388 e. The molecule has 2 aromatic carbocycles. The summed E-state index contributed by atoms with van der Waals surface area (Å²) in [6.45, 7) is 0. The number of rotatable bonds is 5. The molecule has 2 N–H and O–H groups in total. The van der Waals surface area contributed by atoms with Gasteiger partial charge in [-0.15, -0.1) is 11.8 Å². The predicted octanol–water partition coefficient (Wildman–Crippen LogP) is 3.47. The zero-order valence-electron chi connectivity index (χ0n) is 11.2. The van der Waals surface area contributed by atoms with Crippen LogP contribution in [0.25, 0.3) is 0 Å². The van der Waals surface area contributed by atoms with Crippen molar-refractivity contribution < 1.29 is 9.90 Å². The van der Waals surface area contributed by atoms with Gasteiger partial charge in [-0.2, -0.15) is 0 Å². The minimum Gasteiger partial charge on any atom is -0.388 e. The van der Waals surface area contributed by atoms with E-state index in [1.165, 1.54) is 0 Å². The topological polar surface area (TPSA) is 49.3 Å². The molecule has 0 fully saturated rings. The Hall–Kier alpha value is -1.78. The number of carbonyl (C=O) groups is 1. The van der Waals surface area contributed by atoms with Gasteiger partial charge in [0.1, 0.15) is 0 Å². The van der Waals surface area contributed by atoms with Crippen LogP contribution in [0.15, 0.2) is 59.5 Å². The molecule has 0 radical (unpaired) electrons. The number of thioether (sulfide) groups is 1. The van der Waals surface area contributed by atoms with Crippen LogP contribution in [-0.4, -0.2) is 17.3 Å². The molecular weight excluding hydrogens is 270 g/mol. The highest BCUT2D eigenvalue weighted by Crippen LogP contribution is 2.25. The summed E-state index contributed by atoms with van der Waals surface area (Å²) in [5.74, 6) is -0.192. The monoisotopic (exact) mass is 287 g/mol. The lowest BCUT2D eigenvalue weighted by molar-refractivity contribution is -0.118. The molecule has 0 aliphatic heterocycles. The van der Waals surface area contributed by atoms with Crippen molar-refractivity contribution in [2.24, 2.45) is 0 Å². The third-order valence-corrected chi connectivity index (χ3v) is 3.74. The van der Waals surface area contributed by atoms with E-state index in [0.717, 1.165) is 16.1 Å². The molecule has 0 aliphatic carbocycles. The molecule has 0 saturated heterocycles. The first-order valence-electron chi connectivity index (χ1n) is 6.36. The molecule has 2 aromatic rings. The van der Waals surface area contributed by atoms with Crippen LogP contribution in [0.2, 0.25) is 0 Å². The number of anilines is 1. The highest BCUT2D eigenvalue weighted by molar-refractivity contribution is 7.98. The van der Waals surface area contributed by atoms with Gasteiger partial charge >= 0.3 is 0 Å². The minimum atomic E-state index is -0.780. The van der Waals surface area contributed by atoms with Gasteiger partial charge in [0, 0.05) is 4.90 Å². The number of hydrogen-bond donors (Lipinski definition) is 2. The second kappa shape index (κ2) is 7.12. The number of amides is 1. The summed E-state index contributed by atoms with van der Waals surface area (Å²) in [5.41, 5.74) is 1.53. The fourth-order valence-corrected chi connectivity index (χ4v) is 2.47. The molecule has 0 heterocycles. The van der Waals surface area contributed by atoms with E-state index < -0.39 is 6.10 Å². The first-order chi connectivity index (χ1) is 9.70. The summed E-state index contributed by atoms with van der Waals surface area (Å²) >= 11 is 1.58. The lowest BCUT2D eigenvalue weighted by Crippen LogP contribution is -2.15. The van der Waals surface area contributed by atoms with Crippen molar-refractivity contribution in [2.45, 2.75) is 17.4 Å². The van der Waals surface area contributed by atoms with E-state index >= 15 is 0 Å². The van der Waals surface area contributed by atoms with Crippen LogP contribution in [-0.2, 0) is 4.79 Å². The molecule has 4 heteroatoms. The van der Waals surface area contributed by atoms with Crippen molar-refractivity contribution in [3.05, 3.63) is 60.2 Å². The van der Waals surface area contributed by atoms with E-state index in [9.17, 15) is 9.90 Å². The average Bonchev–Trinajstić information content (AvgIpc) is 2.48. The molecule has 0 bridgehead atoms. The van der Waals surface area contributed by atoms with E-state index in [2.05, 4.69) is 5.32 Å². The fourth-order valence-electron chi connectivity index (χ4n) is 1.92. The second-order valence-corrected chi connectivity index (χ2v) is 5.23. The molecular formula is C16H17NO2S. The first-order valence-corrected chi connectivity index (χ1v) is 7.59. The number of aliphatic hydroxyl groups excluding tert-OH is 1. The Labute approximate surface area is 123 Å². The van der Waals surface area contributed by atoms with Gasteiger partial charge in [0.05, 0.1) is 18.2 Å². The zero-order valence-corrected chi connectivity index (χ0v) is 12.1. The van der Waals surface area contributed by atoms with Crippen LogP contribution in [0, 0.1) is 0 Å². The molecule has 0 aromatic heterocycles. The molecule has 2 rings (SSSR count). The zero-order chi connectivity index (χ0) is 14.4. The van der Waals surface area contributed by atoms with Crippen molar-refractivity contribution >= 4 is 23.4 Å². The van der Waals surface area contributed by atoms with Crippen molar-refractivity contribution in [1.29, 1.82) is 0 Å². The Morgan fingerprint density at radius 1 is 1.15 bits per heavy atom. The van der Waals surface area contributed by atoms with Crippen LogP contribution in [0.4, 0.5) is 5.69 Å². The van der Waals surface area contributed by atoms with Crippen LogP contribution >= 0.6 is 11.8 Å². The number of carbonyl (C=O) groups excluding carboxylic acids is 1. The Morgan fingerprint density at radius 3 is 2.50 bits per heavy atom. The summed E-state index contributed by atoms with van der Waals surface area (Å²) in [7, 11) is 0. The van der Waals surface area contributed by atoms with Crippen molar-refractivity contribution in [2.75, 3.05) is 11.6 Å². The molecule has 0 saturated carbocycles. The van der Waals surface area contributed by atoms with Gasteiger partial charge in [0.2, 0.25) is 5.91 Å². The van der Waals surface area contributed by atoms with E-state index in [4.69, 9.17) is 0 Å². The maximum absolute atomic E-state index is 12.0. The minimum absolute atomic E-state index is 0.0483. The van der Waals surface area contributed by atoms with Gasteiger partial charge < -0.3 is 10.4 Å². The summed E-state index contributed by atoms with van der Waals surface area (Å²) in [5, 5.41) is 12.9. The summed E-state index contributed by atoms with van der Waals surface area (Å²) < 4.78 is 0. The maximum atomic E-state index is 12.0. The molecule has 20 heavy (non-hydrogen) atoms. The van der Waals surface area contributed by atoms with Crippen molar-refractivity contribution in [3.8, 4) is 0 Å². The van der Waals surface area contributed by atoms with Crippen LogP contribution < -0.4 is 5.32 Å². The van der Waals surface area contributed by atoms with Gasteiger partial charge in [-0.3, -0.25) is 4.79 Å². The van der Waals surface area contributed by atoms with E-state index in [1.54, 1.807) is 11.8 Å². The fraction of sp³-hybridized carbons (Fsp3) is 0.188. The lowest BCUT2D eigenvalue weighted by atomic mass is 10.1. The quantitative estimate of drug-likeness (QED) is 0.828. The van der Waals surface area contributed by atoms with Gasteiger partial charge in [0.15, 0.2) is 0 Å². The average molecular weight is 287 g/mol. The summed E-state index contributed by atoms with van der Waals surface area (Å²) in [6.07, 6.45) is 1.23. The molecule has 1 atom stereocenters. The molecule has 3 nitrogen and oxygen atoms in total. The molecule has 0 spiro atoms. The van der Waals surface area contributed by atoms with Crippen molar-refractivity contribution in [1.82, 2.24) is 0 Å². The molecule has 0 aliphatic rings. The van der Waals surface area contributed by atoms with Crippen LogP contribution in [0.5, 0.6) is 0 Å². The Kier molecular flexibility index (Phi) is 5.21. The number of para-hydroxylation sites is 1. The predicted molar refractivity (Wildman–Crippen MR) is 82.9 cm³/mol. The number of nitrogens with one attached hydrogen (secondary N) is 1. The Morgan fingerprint density at radius 2 is 1.80 bits per heavy atom. The number of hydrogen-bond acceptors (Lipinski definition) is 3. The standard InChI is InChI=1S/C16H17NO2S/c1-20-15-10-6-5-9-13(15)17-16(19)11-14(18)12-7-3-2-4-8-12/h2-10,14,18H,11H2,1H3,(H,17,19). The van der Waals surface area contributed by atoms with Gasteiger partial charge in [0.25, 0.3) is 0 Å². The van der Waals surface area contributed by atoms with Crippen molar-refractivity contribution in [3.63, 3.8) is 0 Å². The molecule has 104 valence electrons. The summed E-state index contributed by atoms with van der Waals surface area (Å²) in [6, 6.07) is 16.8. The highest BCUT2D eigenvalue weighted by Gasteiger charge is 2.13. The van der Waals surface area contributed by atoms with Gasteiger partial charge in [-0.1, -0.05) is 42.5 Å². The molecule has 1 unspecified atom stereocenters. The van der Waals surface area contributed by atoms with Crippen LogP contribution in [0.3, 0.4) is 0 Å². The highest BCUT2D eigenvalue weighted by atomic mass is 32.2. The second-order valence-electron chi connectivity index (χ2n) is 4.38. The van der Waals surface area contributed by atoms with E-state index in [0.29, 0.717) is 0 Å². The summed E-state index contributed by atoms with van der Waals surface area (Å²) in [4.78, 5) is 13.0. The third-order valence-electron chi connectivity index (χ3n) is 2.94. The smallest absolute Gasteiger partial charge is 0.227 e. The Bertz CT molecular complexity index is 572. The third kappa shape index (κ3) is 3.85. The SMILES string of the molecule is CSc1ccccc1NC(=O)CC(O)c1ccccc1. The Balaban J connectivity index is 1.99.